The van der Waals surface area contributed by atoms with Gasteiger partial charge in [-0.2, -0.15) is 5.10 Å². The molecule has 1 amide bonds. The SMILES string of the molecule is CCC(C(=O)OC(C)(C)C)N1CC(c2ncn[nH]2)CC1=O. The van der Waals surface area contributed by atoms with Gasteiger partial charge in [0.1, 0.15) is 23.8 Å². The molecule has 7 heteroatoms. The van der Waals surface area contributed by atoms with Crippen LogP contribution in [0.4, 0.5) is 0 Å². The Balaban J connectivity index is 2.08. The molecule has 0 bridgehead atoms. The number of H-pyrrole nitrogens is 1. The minimum absolute atomic E-state index is 0.0449. The van der Waals surface area contributed by atoms with Crippen LogP contribution in [0, 0.1) is 0 Å². The van der Waals surface area contributed by atoms with Crippen molar-refractivity contribution in [2.24, 2.45) is 0 Å². The first-order valence-electron chi connectivity index (χ1n) is 7.19. The van der Waals surface area contributed by atoms with Gasteiger partial charge in [-0.15, -0.1) is 0 Å². The van der Waals surface area contributed by atoms with Gasteiger partial charge in [0.15, 0.2) is 0 Å². The van der Waals surface area contributed by atoms with Crippen LogP contribution in [-0.4, -0.2) is 50.1 Å². The fourth-order valence-corrected chi connectivity index (χ4v) is 2.51. The summed E-state index contributed by atoms with van der Waals surface area (Å²) in [4.78, 5) is 30.2. The first kappa shape index (κ1) is 15.5. The van der Waals surface area contributed by atoms with Crippen LogP contribution in [0.15, 0.2) is 6.33 Å². The Hall–Kier alpha value is -1.92. The minimum atomic E-state index is -0.558. The molecule has 2 unspecified atom stereocenters. The monoisotopic (exact) mass is 294 g/mol. The Labute approximate surface area is 124 Å². The van der Waals surface area contributed by atoms with Gasteiger partial charge in [0.25, 0.3) is 0 Å². The van der Waals surface area contributed by atoms with Crippen LogP contribution >= 0.6 is 0 Å². The largest absolute Gasteiger partial charge is 0.458 e. The van der Waals surface area contributed by atoms with Crippen molar-refractivity contribution < 1.29 is 14.3 Å². The highest BCUT2D eigenvalue weighted by Crippen LogP contribution is 2.28. The van der Waals surface area contributed by atoms with Crippen LogP contribution < -0.4 is 0 Å². The highest BCUT2D eigenvalue weighted by atomic mass is 16.6. The van der Waals surface area contributed by atoms with E-state index in [1.54, 1.807) is 4.90 Å². The number of hydrogen-bond acceptors (Lipinski definition) is 5. The molecule has 1 N–H and O–H groups in total. The number of likely N-dealkylation sites (tertiary alicyclic amines) is 1. The molecule has 1 aromatic rings. The lowest BCUT2D eigenvalue weighted by Gasteiger charge is -2.29. The maximum Gasteiger partial charge on any atom is 0.329 e. The highest BCUT2D eigenvalue weighted by molar-refractivity contribution is 5.86. The van der Waals surface area contributed by atoms with Crippen LogP contribution in [0.2, 0.25) is 0 Å². The zero-order chi connectivity index (χ0) is 15.6. The average Bonchev–Trinajstić information content (AvgIpc) is 2.98. The predicted molar refractivity (Wildman–Crippen MR) is 75.4 cm³/mol. The van der Waals surface area contributed by atoms with Crippen molar-refractivity contribution in [3.63, 3.8) is 0 Å². The maximum absolute atomic E-state index is 12.3. The third-order valence-electron chi connectivity index (χ3n) is 3.42. The van der Waals surface area contributed by atoms with Crippen molar-refractivity contribution in [1.82, 2.24) is 20.1 Å². The quantitative estimate of drug-likeness (QED) is 0.844. The van der Waals surface area contributed by atoms with Crippen LogP contribution in [-0.2, 0) is 14.3 Å². The van der Waals surface area contributed by atoms with E-state index in [2.05, 4.69) is 15.2 Å². The van der Waals surface area contributed by atoms with Crippen molar-refractivity contribution in [2.75, 3.05) is 6.54 Å². The second-order valence-corrected chi connectivity index (χ2v) is 6.28. The molecular formula is C14H22N4O3. The topological polar surface area (TPSA) is 88.2 Å². The molecule has 1 fully saturated rings. The molecule has 2 heterocycles. The lowest BCUT2D eigenvalue weighted by molar-refractivity contribution is -0.163. The summed E-state index contributed by atoms with van der Waals surface area (Å²) >= 11 is 0. The molecule has 0 aliphatic carbocycles. The number of carbonyl (C=O) groups is 2. The molecule has 0 spiro atoms. The number of esters is 1. The summed E-state index contributed by atoms with van der Waals surface area (Å²) in [6.07, 6.45) is 2.30. The van der Waals surface area contributed by atoms with Gasteiger partial charge in [0.05, 0.1) is 0 Å². The average molecular weight is 294 g/mol. The molecule has 7 nitrogen and oxygen atoms in total. The minimum Gasteiger partial charge on any atom is -0.458 e. The Bertz CT molecular complexity index is 507. The van der Waals surface area contributed by atoms with E-state index in [0.717, 1.165) is 0 Å². The van der Waals surface area contributed by atoms with Crippen LogP contribution in [0.5, 0.6) is 0 Å². The van der Waals surface area contributed by atoms with Crippen LogP contribution in [0.3, 0.4) is 0 Å². The van der Waals surface area contributed by atoms with Gasteiger partial charge < -0.3 is 9.64 Å². The summed E-state index contributed by atoms with van der Waals surface area (Å²) in [5.41, 5.74) is -0.558. The van der Waals surface area contributed by atoms with Crippen molar-refractivity contribution >= 4 is 11.9 Å². The van der Waals surface area contributed by atoms with Crippen molar-refractivity contribution in [3.05, 3.63) is 12.2 Å². The third kappa shape index (κ3) is 3.59. The van der Waals surface area contributed by atoms with Crippen LogP contribution in [0.1, 0.15) is 52.3 Å². The zero-order valence-electron chi connectivity index (χ0n) is 12.9. The standard InChI is InChI=1S/C14H22N4O3/c1-5-10(13(20)21-14(2,3)4)18-7-9(6-11(18)19)12-15-8-16-17-12/h8-10H,5-7H2,1-4H3,(H,15,16,17). The summed E-state index contributed by atoms with van der Waals surface area (Å²) in [5, 5.41) is 6.60. The number of nitrogens with zero attached hydrogens (tertiary/aromatic N) is 3. The number of aromatic amines is 1. The second-order valence-electron chi connectivity index (χ2n) is 6.28. The molecule has 2 atom stereocenters. The predicted octanol–water partition coefficient (Wildman–Crippen LogP) is 1.24. The first-order chi connectivity index (χ1) is 9.81. The number of rotatable bonds is 4. The summed E-state index contributed by atoms with van der Waals surface area (Å²) in [5.74, 6) is 0.243. The highest BCUT2D eigenvalue weighted by Gasteiger charge is 2.39. The smallest absolute Gasteiger partial charge is 0.329 e. The summed E-state index contributed by atoms with van der Waals surface area (Å²) in [6.45, 7) is 7.80. The van der Waals surface area contributed by atoms with Crippen LogP contribution in [0.25, 0.3) is 0 Å². The van der Waals surface area contributed by atoms with E-state index in [0.29, 0.717) is 25.2 Å². The number of amides is 1. The van der Waals surface area contributed by atoms with Crippen molar-refractivity contribution in [3.8, 4) is 0 Å². The van der Waals surface area contributed by atoms with Gasteiger partial charge in [0.2, 0.25) is 5.91 Å². The number of nitrogens with one attached hydrogen (secondary N) is 1. The van der Waals surface area contributed by atoms with E-state index < -0.39 is 11.6 Å². The zero-order valence-corrected chi connectivity index (χ0v) is 12.9. The van der Waals surface area contributed by atoms with Gasteiger partial charge in [0, 0.05) is 18.9 Å². The molecule has 0 saturated carbocycles. The van der Waals surface area contributed by atoms with Gasteiger partial charge >= 0.3 is 5.97 Å². The Kier molecular flexibility index (Phi) is 4.29. The molecule has 116 valence electrons. The van der Waals surface area contributed by atoms with E-state index in [1.807, 2.05) is 27.7 Å². The molecule has 0 radical (unpaired) electrons. The Morgan fingerprint density at radius 1 is 1.57 bits per heavy atom. The Morgan fingerprint density at radius 3 is 2.81 bits per heavy atom. The molecule has 1 aliphatic rings. The number of hydrogen-bond donors (Lipinski definition) is 1. The van der Waals surface area contributed by atoms with Crippen molar-refractivity contribution in [1.29, 1.82) is 0 Å². The third-order valence-corrected chi connectivity index (χ3v) is 3.42. The number of ether oxygens (including phenoxy) is 1. The molecular weight excluding hydrogens is 272 g/mol. The first-order valence-corrected chi connectivity index (χ1v) is 7.19. The van der Waals surface area contributed by atoms with E-state index in [9.17, 15) is 9.59 Å². The summed E-state index contributed by atoms with van der Waals surface area (Å²) in [7, 11) is 0. The molecule has 1 aromatic heterocycles. The lowest BCUT2D eigenvalue weighted by Crippen LogP contribution is -2.44. The van der Waals surface area contributed by atoms with Gasteiger partial charge in [-0.05, 0) is 27.2 Å². The maximum atomic E-state index is 12.3. The fraction of sp³-hybridized carbons (Fsp3) is 0.714. The van der Waals surface area contributed by atoms with Gasteiger partial charge in [-0.3, -0.25) is 9.89 Å². The molecule has 2 rings (SSSR count). The van der Waals surface area contributed by atoms with Gasteiger partial charge in [-0.25, -0.2) is 9.78 Å². The van der Waals surface area contributed by atoms with Gasteiger partial charge in [-0.1, -0.05) is 6.92 Å². The Morgan fingerprint density at radius 2 is 2.29 bits per heavy atom. The lowest BCUT2D eigenvalue weighted by atomic mass is 10.1. The van der Waals surface area contributed by atoms with E-state index >= 15 is 0 Å². The summed E-state index contributed by atoms with van der Waals surface area (Å²) in [6, 6.07) is -0.537. The van der Waals surface area contributed by atoms with E-state index in [-0.39, 0.29) is 17.8 Å². The molecule has 0 aromatic carbocycles. The normalized spacial score (nSPS) is 20.7. The molecule has 21 heavy (non-hydrogen) atoms. The fourth-order valence-electron chi connectivity index (χ4n) is 2.51. The molecule has 1 saturated heterocycles. The molecule has 1 aliphatic heterocycles. The summed E-state index contributed by atoms with van der Waals surface area (Å²) < 4.78 is 5.41. The number of aromatic nitrogens is 3. The number of carbonyl (C=O) groups excluding carboxylic acids is 2. The van der Waals surface area contributed by atoms with E-state index in [1.165, 1.54) is 6.33 Å². The van der Waals surface area contributed by atoms with Crippen molar-refractivity contribution in [2.45, 2.75) is 58.1 Å². The van der Waals surface area contributed by atoms with E-state index in [4.69, 9.17) is 4.74 Å². The second kappa shape index (κ2) is 5.83.